The van der Waals surface area contributed by atoms with E-state index in [4.69, 9.17) is 0 Å². The Morgan fingerprint density at radius 2 is 1.93 bits per heavy atom. The normalized spacial score (nSPS) is 12.6. The van der Waals surface area contributed by atoms with Gasteiger partial charge in [0.2, 0.25) is 0 Å². The first-order valence-electron chi connectivity index (χ1n) is 8.66. The molecule has 27 heavy (non-hydrogen) atoms. The fraction of sp³-hybridized carbons (Fsp3) is 0.143. The number of nitro benzene ring substituents is 1. The Morgan fingerprint density at radius 1 is 1.15 bits per heavy atom. The number of aryl methyl sites for hydroxylation is 3. The number of carbonyl (C=O) groups excluding carboxylic acids is 1. The molecule has 0 saturated carbocycles. The molecule has 0 radical (unpaired) electrons. The minimum atomic E-state index is -0.498. The van der Waals surface area contributed by atoms with Crippen LogP contribution in [-0.4, -0.2) is 17.0 Å². The van der Waals surface area contributed by atoms with Crippen molar-refractivity contribution in [2.75, 3.05) is 0 Å². The van der Waals surface area contributed by atoms with Crippen LogP contribution in [0.25, 0.3) is 10.8 Å². The van der Waals surface area contributed by atoms with Crippen LogP contribution >= 0.6 is 0 Å². The van der Waals surface area contributed by atoms with Gasteiger partial charge < -0.3 is 0 Å². The van der Waals surface area contributed by atoms with Crippen molar-refractivity contribution in [3.05, 3.63) is 86.5 Å². The number of benzene rings is 3. The van der Waals surface area contributed by atoms with Crippen molar-refractivity contribution >= 4 is 28.6 Å². The summed E-state index contributed by atoms with van der Waals surface area (Å²) in [6.45, 7) is 1.63. The van der Waals surface area contributed by atoms with Crippen molar-refractivity contribution in [2.45, 2.75) is 19.8 Å². The molecular weight excluding hydrogens is 342 g/mol. The second-order valence-corrected chi connectivity index (χ2v) is 6.61. The van der Waals surface area contributed by atoms with Crippen molar-refractivity contribution in [3.63, 3.8) is 0 Å². The Hall–Kier alpha value is -3.54. The van der Waals surface area contributed by atoms with E-state index in [9.17, 15) is 14.9 Å². The SMILES string of the molecule is Cc1ccc(C(=O)N/N=C\c2ccc3c4c(cccc24)CC3)cc1[N+](=O)[O-]. The third-order valence-corrected chi connectivity index (χ3v) is 4.95. The van der Waals surface area contributed by atoms with E-state index in [2.05, 4.69) is 28.7 Å². The number of amides is 1. The highest BCUT2D eigenvalue weighted by molar-refractivity contribution is 6.04. The Labute approximate surface area is 155 Å². The molecule has 0 spiro atoms. The van der Waals surface area contributed by atoms with Crippen LogP contribution in [0.15, 0.2) is 53.6 Å². The first kappa shape index (κ1) is 16.9. The van der Waals surface area contributed by atoms with Crippen LogP contribution in [0.1, 0.15) is 32.6 Å². The van der Waals surface area contributed by atoms with Crippen molar-refractivity contribution < 1.29 is 9.72 Å². The van der Waals surface area contributed by atoms with Gasteiger partial charge >= 0.3 is 0 Å². The van der Waals surface area contributed by atoms with Crippen molar-refractivity contribution in [2.24, 2.45) is 5.10 Å². The summed E-state index contributed by atoms with van der Waals surface area (Å²) in [5, 5.41) is 17.5. The summed E-state index contributed by atoms with van der Waals surface area (Å²) < 4.78 is 0. The molecule has 0 heterocycles. The molecule has 0 saturated heterocycles. The molecule has 134 valence electrons. The lowest BCUT2D eigenvalue weighted by Crippen LogP contribution is -2.17. The van der Waals surface area contributed by atoms with E-state index in [1.807, 2.05) is 12.1 Å². The number of hydrogen-bond acceptors (Lipinski definition) is 4. The predicted octanol–water partition coefficient (Wildman–Crippen LogP) is 3.92. The first-order valence-corrected chi connectivity index (χ1v) is 8.66. The van der Waals surface area contributed by atoms with Crippen molar-refractivity contribution in [1.82, 2.24) is 5.43 Å². The fourth-order valence-electron chi connectivity index (χ4n) is 3.55. The highest BCUT2D eigenvalue weighted by Crippen LogP contribution is 2.32. The summed E-state index contributed by atoms with van der Waals surface area (Å²) in [5.74, 6) is -0.486. The summed E-state index contributed by atoms with van der Waals surface area (Å²) in [6.07, 6.45) is 3.72. The molecule has 0 aromatic heterocycles. The Morgan fingerprint density at radius 3 is 2.70 bits per heavy atom. The predicted molar refractivity (Wildman–Crippen MR) is 104 cm³/mol. The molecule has 3 aromatic rings. The van der Waals surface area contributed by atoms with Crippen LogP contribution in [0.4, 0.5) is 5.69 Å². The van der Waals surface area contributed by atoms with Crippen LogP contribution in [0.3, 0.4) is 0 Å². The molecule has 3 aromatic carbocycles. The van der Waals surface area contributed by atoms with E-state index in [0.717, 1.165) is 23.8 Å². The van der Waals surface area contributed by atoms with Gasteiger partial charge in [-0.25, -0.2) is 5.43 Å². The maximum atomic E-state index is 12.3. The molecule has 0 fully saturated rings. The average Bonchev–Trinajstić information content (AvgIpc) is 3.08. The maximum Gasteiger partial charge on any atom is 0.273 e. The van der Waals surface area contributed by atoms with Gasteiger partial charge in [0.25, 0.3) is 11.6 Å². The van der Waals surface area contributed by atoms with Gasteiger partial charge in [0, 0.05) is 22.8 Å². The average molecular weight is 359 g/mol. The van der Waals surface area contributed by atoms with Crippen molar-refractivity contribution in [3.8, 4) is 0 Å². The van der Waals surface area contributed by atoms with Gasteiger partial charge in [-0.3, -0.25) is 14.9 Å². The number of hydrogen-bond donors (Lipinski definition) is 1. The number of hydrazone groups is 1. The third kappa shape index (κ3) is 3.06. The van der Waals surface area contributed by atoms with Gasteiger partial charge in [-0.15, -0.1) is 0 Å². The molecule has 6 nitrogen and oxygen atoms in total. The fourth-order valence-corrected chi connectivity index (χ4v) is 3.55. The van der Waals surface area contributed by atoms with E-state index < -0.39 is 10.8 Å². The van der Waals surface area contributed by atoms with E-state index in [1.54, 1.807) is 25.3 Å². The largest absolute Gasteiger partial charge is 0.273 e. The Bertz CT molecular complexity index is 1110. The zero-order valence-corrected chi connectivity index (χ0v) is 14.7. The molecule has 6 heteroatoms. The van der Waals surface area contributed by atoms with E-state index in [-0.39, 0.29) is 11.3 Å². The van der Waals surface area contributed by atoms with Gasteiger partial charge in [0.15, 0.2) is 0 Å². The quantitative estimate of drug-likeness (QED) is 0.435. The number of rotatable bonds is 4. The summed E-state index contributed by atoms with van der Waals surface area (Å²) in [5.41, 5.74) is 6.68. The zero-order chi connectivity index (χ0) is 19.0. The van der Waals surface area contributed by atoms with E-state index in [0.29, 0.717) is 5.56 Å². The highest BCUT2D eigenvalue weighted by Gasteiger charge is 2.16. The topological polar surface area (TPSA) is 84.6 Å². The van der Waals surface area contributed by atoms with E-state index >= 15 is 0 Å². The van der Waals surface area contributed by atoms with Gasteiger partial charge in [-0.2, -0.15) is 5.10 Å². The second-order valence-electron chi connectivity index (χ2n) is 6.61. The smallest absolute Gasteiger partial charge is 0.267 e. The lowest BCUT2D eigenvalue weighted by Gasteiger charge is -2.05. The lowest BCUT2D eigenvalue weighted by molar-refractivity contribution is -0.385. The van der Waals surface area contributed by atoms with Crippen LogP contribution in [-0.2, 0) is 12.8 Å². The molecule has 0 aliphatic heterocycles. The van der Waals surface area contributed by atoms with Gasteiger partial charge in [0.1, 0.15) is 0 Å². The molecule has 0 unspecified atom stereocenters. The Balaban J connectivity index is 1.57. The third-order valence-electron chi connectivity index (χ3n) is 4.95. The van der Waals surface area contributed by atoms with Crippen LogP contribution in [0.5, 0.6) is 0 Å². The van der Waals surface area contributed by atoms with Crippen LogP contribution in [0, 0.1) is 17.0 Å². The Kier molecular flexibility index (Phi) is 4.16. The molecule has 0 atom stereocenters. The van der Waals surface area contributed by atoms with Crippen LogP contribution in [0.2, 0.25) is 0 Å². The van der Waals surface area contributed by atoms with Gasteiger partial charge in [-0.05, 0) is 47.7 Å². The first-order chi connectivity index (χ1) is 13.0. The summed E-state index contributed by atoms with van der Waals surface area (Å²) in [4.78, 5) is 22.8. The number of nitro groups is 1. The lowest BCUT2D eigenvalue weighted by atomic mass is 10.0. The summed E-state index contributed by atoms with van der Waals surface area (Å²) in [7, 11) is 0. The molecule has 1 aliphatic rings. The molecule has 4 rings (SSSR count). The molecule has 1 N–H and O–H groups in total. The maximum absolute atomic E-state index is 12.3. The standard InChI is InChI=1S/C21H17N3O3/c1-13-5-6-16(11-19(13)24(26)27)21(25)23-22-12-17-10-9-15-8-7-14-3-2-4-18(17)20(14)15/h2-6,9-12H,7-8H2,1H3,(H,23,25)/b22-12-. The summed E-state index contributed by atoms with van der Waals surface area (Å²) in [6, 6.07) is 14.7. The minimum Gasteiger partial charge on any atom is -0.267 e. The van der Waals surface area contributed by atoms with Crippen LogP contribution < -0.4 is 5.43 Å². The molecular formula is C21H17N3O3. The minimum absolute atomic E-state index is 0.0841. The number of carbonyl (C=O) groups is 1. The second kappa shape index (κ2) is 6.64. The number of nitrogens with zero attached hydrogens (tertiary/aromatic N) is 2. The van der Waals surface area contributed by atoms with Gasteiger partial charge in [-0.1, -0.05) is 36.4 Å². The van der Waals surface area contributed by atoms with E-state index in [1.165, 1.54) is 22.6 Å². The van der Waals surface area contributed by atoms with Crippen molar-refractivity contribution in [1.29, 1.82) is 0 Å². The molecule has 0 bridgehead atoms. The molecule has 1 aliphatic carbocycles. The summed E-state index contributed by atoms with van der Waals surface area (Å²) >= 11 is 0. The zero-order valence-electron chi connectivity index (χ0n) is 14.7. The number of nitrogens with one attached hydrogen (secondary N) is 1. The monoisotopic (exact) mass is 359 g/mol. The molecule has 1 amide bonds. The highest BCUT2D eigenvalue weighted by atomic mass is 16.6. The van der Waals surface area contributed by atoms with Gasteiger partial charge in [0.05, 0.1) is 11.1 Å².